The van der Waals surface area contributed by atoms with E-state index in [2.05, 4.69) is 0 Å². The molecule has 0 aromatic rings. The normalized spacial score (nSPS) is 26.9. The standard InChI is InChI=1S/C27H38O15/c1-9-34-25(32)27(26(33)35-10-2)11-13(3)14(4)23(42-27)41-24-22(39-18(8)31)21(38-17(7)30)20(37-16(6)29)19(40-24)12-36-15(5)28/h19-24H,9-12H2,1-8H3/t19-,20-,21+,22-,23-,24+/m1/s1. The van der Waals surface area contributed by atoms with E-state index in [1.165, 1.54) is 0 Å². The molecule has 0 spiro atoms. The van der Waals surface area contributed by atoms with Gasteiger partial charge in [-0.1, -0.05) is 5.57 Å². The highest BCUT2D eigenvalue weighted by molar-refractivity contribution is 6.04. The first kappa shape index (κ1) is 34.6. The smallest absolute Gasteiger partial charge is 0.350 e. The van der Waals surface area contributed by atoms with Crippen molar-refractivity contribution in [1.82, 2.24) is 0 Å². The van der Waals surface area contributed by atoms with Gasteiger partial charge >= 0.3 is 35.8 Å². The van der Waals surface area contributed by atoms with Crippen LogP contribution < -0.4 is 0 Å². The summed E-state index contributed by atoms with van der Waals surface area (Å²) in [7, 11) is 0. The molecule has 0 aromatic heterocycles. The maximum Gasteiger partial charge on any atom is 0.350 e. The molecular weight excluding hydrogens is 564 g/mol. The Labute approximate surface area is 243 Å². The molecule has 6 atom stereocenters. The molecular formula is C27H38O15. The highest BCUT2D eigenvalue weighted by Crippen LogP contribution is 2.38. The first-order chi connectivity index (χ1) is 19.7. The highest BCUT2D eigenvalue weighted by atomic mass is 16.8. The van der Waals surface area contributed by atoms with Crippen molar-refractivity contribution < 1.29 is 71.4 Å². The molecule has 0 amide bonds. The van der Waals surface area contributed by atoms with E-state index in [9.17, 15) is 28.8 Å². The molecule has 2 heterocycles. The summed E-state index contributed by atoms with van der Waals surface area (Å²) in [6.45, 7) is 10.2. The van der Waals surface area contributed by atoms with E-state index in [1.807, 2.05) is 0 Å². The predicted molar refractivity (Wildman–Crippen MR) is 137 cm³/mol. The van der Waals surface area contributed by atoms with Crippen LogP contribution in [0.15, 0.2) is 11.1 Å². The number of hydrogen-bond donors (Lipinski definition) is 0. The Morgan fingerprint density at radius 1 is 0.738 bits per heavy atom. The van der Waals surface area contributed by atoms with Crippen LogP contribution in [-0.4, -0.2) is 98.2 Å². The number of carbonyl (C=O) groups excluding carboxylic acids is 6. The van der Waals surface area contributed by atoms with Crippen LogP contribution in [0.5, 0.6) is 0 Å². The summed E-state index contributed by atoms with van der Waals surface area (Å²) in [4.78, 5) is 73.9. The largest absolute Gasteiger partial charge is 0.463 e. The Bertz CT molecular complexity index is 1060. The Balaban J connectivity index is 2.60. The summed E-state index contributed by atoms with van der Waals surface area (Å²) in [6, 6.07) is 0. The van der Waals surface area contributed by atoms with Gasteiger partial charge in [0.25, 0.3) is 5.60 Å². The zero-order chi connectivity index (χ0) is 31.8. The minimum atomic E-state index is -2.24. The molecule has 0 aliphatic carbocycles. The molecule has 2 aliphatic rings. The van der Waals surface area contributed by atoms with Gasteiger partial charge in [-0.3, -0.25) is 19.2 Å². The summed E-state index contributed by atoms with van der Waals surface area (Å²) in [5, 5.41) is 0. The van der Waals surface area contributed by atoms with E-state index in [1.54, 1.807) is 27.7 Å². The SMILES string of the molecule is CCOC(=O)C1(C(=O)OCC)CC(C)=C(C)[C@H](O[C@@H]2O[C@H](COC(C)=O)[C@@H](OC(C)=O)[C@H](OC(C)=O)[C@H]2OC(C)=O)O1. The number of rotatable bonds is 11. The topological polar surface area (TPSA) is 185 Å². The third-order valence-corrected chi connectivity index (χ3v) is 6.27. The second-order valence-corrected chi connectivity index (χ2v) is 9.56. The molecule has 1 fully saturated rings. The van der Waals surface area contributed by atoms with Crippen molar-refractivity contribution in [3.05, 3.63) is 11.1 Å². The summed E-state index contributed by atoms with van der Waals surface area (Å²) < 4.78 is 49.5. The number of ether oxygens (including phenoxy) is 9. The monoisotopic (exact) mass is 602 g/mol. The van der Waals surface area contributed by atoms with Crippen LogP contribution >= 0.6 is 0 Å². The predicted octanol–water partition coefficient (Wildman–Crippen LogP) is 1.03. The van der Waals surface area contributed by atoms with Crippen LogP contribution in [0.4, 0.5) is 0 Å². The molecule has 0 N–H and O–H groups in total. The van der Waals surface area contributed by atoms with Crippen molar-refractivity contribution in [3.63, 3.8) is 0 Å². The minimum absolute atomic E-state index is 0.0592. The molecule has 0 bridgehead atoms. The van der Waals surface area contributed by atoms with Gasteiger partial charge in [0.1, 0.15) is 12.7 Å². The molecule has 2 aliphatic heterocycles. The average Bonchev–Trinajstić information content (AvgIpc) is 2.88. The number of esters is 6. The van der Waals surface area contributed by atoms with Gasteiger partial charge < -0.3 is 42.6 Å². The fraction of sp³-hybridized carbons (Fsp3) is 0.704. The molecule has 236 valence electrons. The molecule has 42 heavy (non-hydrogen) atoms. The van der Waals surface area contributed by atoms with Crippen LogP contribution in [0.3, 0.4) is 0 Å². The second-order valence-electron chi connectivity index (χ2n) is 9.56. The Kier molecular flexibility index (Phi) is 12.4. The lowest BCUT2D eigenvalue weighted by Crippen LogP contribution is -2.64. The average molecular weight is 603 g/mol. The molecule has 2 rings (SSSR count). The van der Waals surface area contributed by atoms with Crippen molar-refractivity contribution >= 4 is 35.8 Å². The summed E-state index contributed by atoms with van der Waals surface area (Å²) in [5.74, 6) is -5.17. The fourth-order valence-electron chi connectivity index (χ4n) is 4.40. The van der Waals surface area contributed by atoms with Gasteiger partial charge in [-0.15, -0.1) is 0 Å². The molecule has 0 radical (unpaired) electrons. The van der Waals surface area contributed by atoms with Gasteiger partial charge in [0, 0.05) is 34.1 Å². The van der Waals surface area contributed by atoms with E-state index in [4.69, 9.17) is 42.6 Å². The molecule has 15 heteroatoms. The number of hydrogen-bond acceptors (Lipinski definition) is 15. The Hall–Kier alpha value is -3.56. The zero-order valence-corrected chi connectivity index (χ0v) is 24.9. The zero-order valence-electron chi connectivity index (χ0n) is 24.9. The van der Waals surface area contributed by atoms with Crippen LogP contribution in [0.1, 0.15) is 61.8 Å². The van der Waals surface area contributed by atoms with E-state index in [0.717, 1.165) is 27.7 Å². The quantitative estimate of drug-likeness (QED) is 0.141. The van der Waals surface area contributed by atoms with Crippen molar-refractivity contribution in [3.8, 4) is 0 Å². The minimum Gasteiger partial charge on any atom is -0.463 e. The maximum absolute atomic E-state index is 13.1. The van der Waals surface area contributed by atoms with Crippen LogP contribution in [0.25, 0.3) is 0 Å². The van der Waals surface area contributed by atoms with E-state index in [-0.39, 0.29) is 19.6 Å². The summed E-state index contributed by atoms with van der Waals surface area (Å²) in [5.41, 5.74) is -1.27. The Morgan fingerprint density at radius 2 is 1.24 bits per heavy atom. The molecule has 0 saturated carbocycles. The molecule has 0 aromatic carbocycles. The van der Waals surface area contributed by atoms with Crippen molar-refractivity contribution in [2.75, 3.05) is 19.8 Å². The second kappa shape index (κ2) is 15.1. The van der Waals surface area contributed by atoms with Crippen LogP contribution in [0, 0.1) is 0 Å². The van der Waals surface area contributed by atoms with Gasteiger partial charge in [0.2, 0.25) is 6.29 Å². The van der Waals surface area contributed by atoms with Crippen LogP contribution in [-0.2, 0) is 71.4 Å². The molecule has 1 saturated heterocycles. The van der Waals surface area contributed by atoms with Gasteiger partial charge in [-0.25, -0.2) is 9.59 Å². The van der Waals surface area contributed by atoms with Gasteiger partial charge in [0.15, 0.2) is 24.6 Å². The third kappa shape index (κ3) is 8.49. The molecule has 0 unspecified atom stereocenters. The first-order valence-electron chi connectivity index (χ1n) is 13.3. The Morgan fingerprint density at radius 3 is 1.71 bits per heavy atom. The van der Waals surface area contributed by atoms with E-state index < -0.39 is 85.0 Å². The van der Waals surface area contributed by atoms with Crippen LogP contribution in [0.2, 0.25) is 0 Å². The lowest BCUT2D eigenvalue weighted by Gasteiger charge is -2.46. The lowest BCUT2D eigenvalue weighted by atomic mass is 9.89. The van der Waals surface area contributed by atoms with Crippen molar-refractivity contribution in [2.45, 2.75) is 104 Å². The fourth-order valence-corrected chi connectivity index (χ4v) is 4.40. The summed E-state index contributed by atoms with van der Waals surface area (Å²) >= 11 is 0. The first-order valence-corrected chi connectivity index (χ1v) is 13.3. The highest BCUT2D eigenvalue weighted by Gasteiger charge is 2.58. The van der Waals surface area contributed by atoms with Gasteiger partial charge in [0.05, 0.1) is 13.2 Å². The summed E-state index contributed by atoms with van der Waals surface area (Å²) in [6.07, 6.45) is -9.04. The molecule has 15 nitrogen and oxygen atoms in total. The lowest BCUT2D eigenvalue weighted by molar-refractivity contribution is -0.343. The third-order valence-electron chi connectivity index (χ3n) is 6.27. The van der Waals surface area contributed by atoms with Gasteiger partial charge in [-0.05, 0) is 33.3 Å². The maximum atomic E-state index is 13.1. The van der Waals surface area contributed by atoms with Crippen molar-refractivity contribution in [2.24, 2.45) is 0 Å². The van der Waals surface area contributed by atoms with E-state index >= 15 is 0 Å². The number of carbonyl (C=O) groups is 6. The van der Waals surface area contributed by atoms with Crippen molar-refractivity contribution in [1.29, 1.82) is 0 Å². The van der Waals surface area contributed by atoms with E-state index in [0.29, 0.717) is 11.1 Å². The van der Waals surface area contributed by atoms with Gasteiger partial charge in [-0.2, -0.15) is 0 Å².